The molecule has 0 amide bonds. The van der Waals surface area contributed by atoms with E-state index in [1.165, 1.54) is 33.5 Å². The molecule has 1 atom stereocenters. The fraction of sp³-hybridized carbons (Fsp3) is 0.273. The zero-order valence-corrected chi connectivity index (χ0v) is 16.9. The lowest BCUT2D eigenvalue weighted by atomic mass is 9.84. The third-order valence-corrected chi connectivity index (χ3v) is 5.25. The van der Waals surface area contributed by atoms with E-state index in [-0.39, 0.29) is 23.5 Å². The van der Waals surface area contributed by atoms with Crippen LogP contribution in [0.4, 0.5) is 0 Å². The summed E-state index contributed by atoms with van der Waals surface area (Å²) in [7, 11) is 4.47. The largest absolute Gasteiger partial charge is 0.504 e. The number of aromatic hydroxyl groups is 1. The summed E-state index contributed by atoms with van der Waals surface area (Å²) in [5.41, 5.74) is 1.35. The molecule has 0 bridgehead atoms. The van der Waals surface area contributed by atoms with Gasteiger partial charge in [0, 0.05) is 22.9 Å². The SMILES string of the molecule is COc1ccc(C2CC(=O)Oc3c(O)cc4c(C)cc(=O)oc4c32)c(OC)c1OC. The zero-order chi connectivity index (χ0) is 21.6. The van der Waals surface area contributed by atoms with Gasteiger partial charge in [0.05, 0.1) is 33.3 Å². The first-order valence-corrected chi connectivity index (χ1v) is 9.19. The van der Waals surface area contributed by atoms with E-state index >= 15 is 0 Å². The summed E-state index contributed by atoms with van der Waals surface area (Å²) in [5.74, 6) is -0.209. The number of phenols is 1. The molecule has 0 saturated heterocycles. The number of phenolic OH excluding ortho intramolecular Hbond substituents is 1. The highest BCUT2D eigenvalue weighted by atomic mass is 16.5. The number of hydrogen-bond acceptors (Lipinski definition) is 8. The lowest BCUT2D eigenvalue weighted by molar-refractivity contribution is -0.135. The molecule has 1 aliphatic heterocycles. The van der Waals surface area contributed by atoms with Crippen LogP contribution in [-0.4, -0.2) is 32.4 Å². The number of hydrogen-bond donors (Lipinski definition) is 1. The van der Waals surface area contributed by atoms with Crippen molar-refractivity contribution in [2.45, 2.75) is 19.3 Å². The Bertz CT molecular complexity index is 1220. The lowest BCUT2D eigenvalue weighted by Gasteiger charge is -2.28. The van der Waals surface area contributed by atoms with Crippen LogP contribution in [0.15, 0.2) is 33.5 Å². The highest BCUT2D eigenvalue weighted by molar-refractivity contribution is 5.92. The topological polar surface area (TPSA) is 104 Å². The summed E-state index contributed by atoms with van der Waals surface area (Å²) in [4.78, 5) is 24.5. The summed E-state index contributed by atoms with van der Waals surface area (Å²) < 4.78 is 27.2. The molecular formula is C22H20O8. The van der Waals surface area contributed by atoms with Crippen molar-refractivity contribution >= 4 is 16.9 Å². The molecule has 3 aromatic rings. The first-order chi connectivity index (χ1) is 14.4. The van der Waals surface area contributed by atoms with Gasteiger partial charge in [-0.1, -0.05) is 6.07 Å². The second-order valence-corrected chi connectivity index (χ2v) is 6.92. The van der Waals surface area contributed by atoms with Crippen LogP contribution in [0.2, 0.25) is 0 Å². The molecule has 8 heteroatoms. The van der Waals surface area contributed by atoms with Crippen molar-refractivity contribution in [1.82, 2.24) is 0 Å². The van der Waals surface area contributed by atoms with Gasteiger partial charge >= 0.3 is 11.6 Å². The highest BCUT2D eigenvalue weighted by Gasteiger charge is 2.36. The predicted molar refractivity (Wildman–Crippen MR) is 107 cm³/mol. The van der Waals surface area contributed by atoms with E-state index in [2.05, 4.69) is 0 Å². The quantitative estimate of drug-likeness (QED) is 0.396. The average Bonchev–Trinajstić information content (AvgIpc) is 2.72. The van der Waals surface area contributed by atoms with Crippen molar-refractivity contribution in [2.24, 2.45) is 0 Å². The van der Waals surface area contributed by atoms with Gasteiger partial charge < -0.3 is 28.5 Å². The van der Waals surface area contributed by atoms with Gasteiger partial charge in [0.2, 0.25) is 5.75 Å². The average molecular weight is 412 g/mol. The molecule has 0 radical (unpaired) electrons. The maximum Gasteiger partial charge on any atom is 0.336 e. The molecular weight excluding hydrogens is 392 g/mol. The van der Waals surface area contributed by atoms with E-state index < -0.39 is 17.5 Å². The number of aryl methyl sites for hydroxylation is 1. The van der Waals surface area contributed by atoms with Gasteiger partial charge in [-0.25, -0.2) is 4.79 Å². The Kier molecular flexibility index (Phi) is 4.77. The molecule has 1 N–H and O–H groups in total. The lowest BCUT2D eigenvalue weighted by Crippen LogP contribution is -2.22. The molecule has 1 aromatic heterocycles. The van der Waals surface area contributed by atoms with Crippen LogP contribution < -0.4 is 24.6 Å². The van der Waals surface area contributed by atoms with E-state index in [9.17, 15) is 14.7 Å². The minimum Gasteiger partial charge on any atom is -0.504 e. The van der Waals surface area contributed by atoms with Gasteiger partial charge in [-0.05, 0) is 24.6 Å². The van der Waals surface area contributed by atoms with Gasteiger partial charge in [-0.15, -0.1) is 0 Å². The number of benzene rings is 2. The number of carbonyl (C=O) groups excluding carboxylic acids is 1. The van der Waals surface area contributed by atoms with Gasteiger partial charge in [0.15, 0.2) is 23.0 Å². The summed E-state index contributed by atoms with van der Waals surface area (Å²) in [6.45, 7) is 1.74. The number of esters is 1. The van der Waals surface area contributed by atoms with Crippen molar-refractivity contribution < 1.29 is 33.3 Å². The third-order valence-electron chi connectivity index (χ3n) is 5.25. The maximum absolute atomic E-state index is 12.4. The van der Waals surface area contributed by atoms with Crippen LogP contribution in [0.3, 0.4) is 0 Å². The second kappa shape index (κ2) is 7.29. The Morgan fingerprint density at radius 1 is 1.03 bits per heavy atom. The number of ether oxygens (including phenoxy) is 4. The molecule has 4 rings (SSSR count). The van der Waals surface area contributed by atoms with Crippen LogP contribution in [0.25, 0.3) is 11.0 Å². The smallest absolute Gasteiger partial charge is 0.336 e. The fourth-order valence-electron chi connectivity index (χ4n) is 3.95. The van der Waals surface area contributed by atoms with Crippen molar-refractivity contribution in [1.29, 1.82) is 0 Å². The number of fused-ring (bicyclic) bond motifs is 3. The van der Waals surface area contributed by atoms with E-state index in [4.69, 9.17) is 23.4 Å². The van der Waals surface area contributed by atoms with Crippen molar-refractivity contribution in [2.75, 3.05) is 21.3 Å². The molecule has 0 saturated carbocycles. The van der Waals surface area contributed by atoms with Crippen LogP contribution in [0, 0.1) is 6.92 Å². The number of methoxy groups -OCH3 is 3. The Hall–Kier alpha value is -3.68. The van der Waals surface area contributed by atoms with Gasteiger partial charge in [0.1, 0.15) is 5.58 Å². The van der Waals surface area contributed by atoms with E-state index in [1.807, 2.05) is 0 Å². The molecule has 0 aliphatic carbocycles. The Labute approximate surface area is 171 Å². The monoisotopic (exact) mass is 412 g/mol. The van der Waals surface area contributed by atoms with Crippen molar-refractivity contribution in [3.05, 3.63) is 51.4 Å². The Balaban J connectivity index is 2.09. The summed E-state index contributed by atoms with van der Waals surface area (Å²) in [5, 5.41) is 11.1. The maximum atomic E-state index is 12.4. The minimum absolute atomic E-state index is 0.0330. The van der Waals surface area contributed by atoms with Crippen LogP contribution in [-0.2, 0) is 4.79 Å². The number of rotatable bonds is 4. The van der Waals surface area contributed by atoms with Crippen LogP contribution >= 0.6 is 0 Å². The van der Waals surface area contributed by atoms with E-state index in [0.29, 0.717) is 39.3 Å². The molecule has 1 aliphatic rings. The predicted octanol–water partition coefficient (Wildman–Crippen LogP) is 3.27. The zero-order valence-electron chi connectivity index (χ0n) is 16.9. The highest BCUT2D eigenvalue weighted by Crippen LogP contribution is 2.52. The molecule has 156 valence electrons. The summed E-state index contributed by atoms with van der Waals surface area (Å²) in [6.07, 6.45) is -0.0466. The first-order valence-electron chi connectivity index (χ1n) is 9.19. The van der Waals surface area contributed by atoms with Crippen molar-refractivity contribution in [3.63, 3.8) is 0 Å². The normalized spacial score (nSPS) is 15.5. The first kappa shape index (κ1) is 19.6. The van der Waals surface area contributed by atoms with Crippen LogP contribution in [0.5, 0.6) is 28.7 Å². The second-order valence-electron chi connectivity index (χ2n) is 6.92. The van der Waals surface area contributed by atoms with Crippen molar-refractivity contribution in [3.8, 4) is 28.7 Å². The standard InChI is InChI=1S/C22H20O8/c1-10-7-16(24)29-19-12(10)8-14(23)21-18(19)13(9-17(25)30-21)11-5-6-15(26-2)22(28-4)20(11)27-3/h5-8,13,23H,9H2,1-4H3. The molecule has 0 spiro atoms. The van der Waals surface area contributed by atoms with Crippen LogP contribution in [0.1, 0.15) is 29.0 Å². The van der Waals surface area contributed by atoms with E-state index in [1.54, 1.807) is 19.1 Å². The molecule has 2 aromatic carbocycles. The molecule has 8 nitrogen and oxygen atoms in total. The third kappa shape index (κ3) is 2.92. The minimum atomic E-state index is -0.615. The Morgan fingerprint density at radius 3 is 2.43 bits per heavy atom. The molecule has 2 heterocycles. The Morgan fingerprint density at radius 2 is 1.77 bits per heavy atom. The summed E-state index contributed by atoms with van der Waals surface area (Å²) in [6, 6.07) is 6.21. The molecule has 30 heavy (non-hydrogen) atoms. The summed E-state index contributed by atoms with van der Waals surface area (Å²) >= 11 is 0. The van der Waals surface area contributed by atoms with Gasteiger partial charge in [-0.2, -0.15) is 0 Å². The molecule has 1 unspecified atom stereocenters. The van der Waals surface area contributed by atoms with Gasteiger partial charge in [0.25, 0.3) is 0 Å². The fourth-order valence-corrected chi connectivity index (χ4v) is 3.95. The number of carbonyl (C=O) groups is 1. The molecule has 0 fully saturated rings. The van der Waals surface area contributed by atoms with Gasteiger partial charge in [-0.3, -0.25) is 4.79 Å². The van der Waals surface area contributed by atoms with E-state index in [0.717, 1.165) is 0 Å².